The fourth-order valence-electron chi connectivity index (χ4n) is 2.52. The van der Waals surface area contributed by atoms with Crippen LogP contribution in [0.1, 0.15) is 0 Å². The van der Waals surface area contributed by atoms with Crippen LogP contribution in [0.2, 0.25) is 0 Å². The van der Waals surface area contributed by atoms with Gasteiger partial charge < -0.3 is 33.5 Å². The summed E-state index contributed by atoms with van der Waals surface area (Å²) in [7, 11) is 5.39. The smallest absolute Gasteiger partial charge is 0.220 e. The van der Waals surface area contributed by atoms with E-state index in [2.05, 4.69) is 22.9 Å². The molecular weight excluding hydrogens is 365 g/mol. The molecule has 0 saturated carbocycles. The molecule has 3 nitrogen and oxygen atoms in total. The van der Waals surface area contributed by atoms with Gasteiger partial charge in [0.05, 0.1) is 25.7 Å². The minimum atomic E-state index is 0. The highest BCUT2D eigenvalue weighted by Crippen LogP contribution is 2.34. The van der Waals surface area contributed by atoms with E-state index in [-0.39, 0.29) is 24.0 Å². The molecule has 0 aliphatic heterocycles. The van der Waals surface area contributed by atoms with E-state index in [1.54, 1.807) is 14.2 Å². The summed E-state index contributed by atoms with van der Waals surface area (Å²) in [5, 5.41) is 3.50. The Morgan fingerprint density at radius 2 is 1.75 bits per heavy atom. The van der Waals surface area contributed by atoms with Crippen LogP contribution in [0.15, 0.2) is 42.6 Å². The molecule has 3 aromatic rings. The summed E-state index contributed by atoms with van der Waals surface area (Å²) in [6.45, 7) is 0. The number of halogens is 1. The molecule has 20 heavy (non-hydrogen) atoms. The second-order valence-corrected chi connectivity index (χ2v) is 4.55. The molecule has 0 atom stereocenters. The van der Waals surface area contributed by atoms with Gasteiger partial charge in [0.1, 0.15) is 18.5 Å². The summed E-state index contributed by atoms with van der Waals surface area (Å²) < 4.78 is 13.0. The van der Waals surface area contributed by atoms with E-state index in [0.29, 0.717) is 0 Å². The number of methoxy groups -OCH3 is 2. The molecule has 0 N–H and O–H groups in total. The van der Waals surface area contributed by atoms with Crippen LogP contribution < -0.4 is 38.0 Å². The molecule has 0 aliphatic rings. The molecule has 0 saturated heterocycles. The van der Waals surface area contributed by atoms with Crippen LogP contribution in [-0.2, 0) is 7.05 Å². The summed E-state index contributed by atoms with van der Waals surface area (Å²) in [5.74, 6) is 1.64. The van der Waals surface area contributed by atoms with Crippen molar-refractivity contribution in [3.8, 4) is 11.5 Å². The maximum atomic E-state index is 5.54. The highest BCUT2D eigenvalue weighted by molar-refractivity contribution is 6.07. The second kappa shape index (κ2) is 5.83. The molecule has 1 heterocycles. The zero-order valence-electron chi connectivity index (χ0n) is 11.7. The van der Waals surface area contributed by atoms with Crippen molar-refractivity contribution in [2.24, 2.45) is 7.05 Å². The number of fused-ring (bicyclic) bond motifs is 3. The van der Waals surface area contributed by atoms with Gasteiger partial charge >= 0.3 is 0 Å². The maximum Gasteiger partial charge on any atom is 0.220 e. The van der Waals surface area contributed by atoms with Gasteiger partial charge in [-0.3, -0.25) is 0 Å². The van der Waals surface area contributed by atoms with Crippen molar-refractivity contribution in [2.75, 3.05) is 14.2 Å². The Hall–Kier alpha value is -1.56. The number of hydrogen-bond donors (Lipinski definition) is 0. The third-order valence-electron chi connectivity index (χ3n) is 3.45. The monoisotopic (exact) mass is 381 g/mol. The van der Waals surface area contributed by atoms with Crippen LogP contribution in [0, 0.1) is 0 Å². The van der Waals surface area contributed by atoms with Gasteiger partial charge in [-0.15, -0.1) is 0 Å². The number of aryl methyl sites for hydroxylation is 1. The van der Waals surface area contributed by atoms with Crippen LogP contribution >= 0.6 is 0 Å². The highest BCUT2D eigenvalue weighted by Gasteiger charge is 2.16. The molecule has 3 rings (SSSR count). The minimum Gasteiger partial charge on any atom is -1.00 e. The number of benzene rings is 2. The summed E-state index contributed by atoms with van der Waals surface area (Å²) in [6, 6.07) is 12.3. The number of nitrogens with zero attached hydrogens (tertiary/aromatic N) is 1. The van der Waals surface area contributed by atoms with Gasteiger partial charge in [0, 0.05) is 16.8 Å². The van der Waals surface area contributed by atoms with Crippen molar-refractivity contribution in [3.63, 3.8) is 0 Å². The molecule has 4 heteroatoms. The first-order chi connectivity index (χ1) is 9.24. The lowest BCUT2D eigenvalue weighted by Gasteiger charge is -2.09. The molecule has 2 aromatic carbocycles. The van der Waals surface area contributed by atoms with Crippen molar-refractivity contribution < 1.29 is 38.0 Å². The first-order valence-corrected chi connectivity index (χ1v) is 6.17. The first kappa shape index (κ1) is 14.8. The van der Waals surface area contributed by atoms with E-state index in [1.165, 1.54) is 10.8 Å². The molecule has 0 bridgehead atoms. The number of hydrogen-bond acceptors (Lipinski definition) is 2. The average molecular weight is 381 g/mol. The Morgan fingerprint density at radius 3 is 2.45 bits per heavy atom. The van der Waals surface area contributed by atoms with E-state index in [4.69, 9.17) is 9.47 Å². The Kier molecular flexibility index (Phi) is 4.32. The van der Waals surface area contributed by atoms with E-state index in [0.717, 1.165) is 22.4 Å². The Labute approximate surface area is 135 Å². The fraction of sp³-hybridized carbons (Fsp3) is 0.188. The van der Waals surface area contributed by atoms with Gasteiger partial charge in [-0.1, -0.05) is 18.2 Å². The fourth-order valence-corrected chi connectivity index (χ4v) is 2.52. The molecule has 1 aromatic heterocycles. The molecule has 0 amide bonds. The zero-order chi connectivity index (χ0) is 13.4. The van der Waals surface area contributed by atoms with Gasteiger partial charge in [0.25, 0.3) is 0 Å². The Balaban J connectivity index is 0.00000147. The number of rotatable bonds is 2. The summed E-state index contributed by atoms with van der Waals surface area (Å²) in [4.78, 5) is 0. The summed E-state index contributed by atoms with van der Waals surface area (Å²) >= 11 is 0. The van der Waals surface area contributed by atoms with Crippen molar-refractivity contribution in [1.29, 1.82) is 0 Å². The largest absolute Gasteiger partial charge is 1.00 e. The molecular formula is C16H16INO2. The van der Waals surface area contributed by atoms with Crippen molar-refractivity contribution in [2.45, 2.75) is 0 Å². The molecule has 0 radical (unpaired) electrons. The standard InChI is InChI=1S/C16H16NO2.HI/c1-17-10-11-6-4-5-7-13(11)16-14(17)8-12(18-2)9-15(16)19-3;/h4-10H,1-3H3;1H/q+1;/p-1. The SMILES string of the molecule is COc1cc(OC)c2c3ccccc3c[n+](C)c2c1.[I-]. The van der Waals surface area contributed by atoms with Crippen molar-refractivity contribution >= 4 is 21.7 Å². The molecule has 0 spiro atoms. The van der Waals surface area contributed by atoms with E-state index in [1.807, 2.05) is 31.3 Å². The third kappa shape index (κ3) is 2.28. The van der Waals surface area contributed by atoms with Gasteiger partial charge in [0.2, 0.25) is 5.52 Å². The lowest BCUT2D eigenvalue weighted by atomic mass is 10.1. The van der Waals surface area contributed by atoms with Gasteiger partial charge in [-0.25, -0.2) is 4.57 Å². The minimum absolute atomic E-state index is 0. The molecule has 0 fully saturated rings. The third-order valence-corrected chi connectivity index (χ3v) is 3.45. The average Bonchev–Trinajstić information content (AvgIpc) is 2.46. The number of ether oxygens (including phenoxy) is 2. The van der Waals surface area contributed by atoms with Crippen LogP contribution in [0.5, 0.6) is 11.5 Å². The van der Waals surface area contributed by atoms with E-state index < -0.39 is 0 Å². The maximum absolute atomic E-state index is 5.54. The topological polar surface area (TPSA) is 22.3 Å². The lowest BCUT2D eigenvalue weighted by Crippen LogP contribution is -3.00. The van der Waals surface area contributed by atoms with Gasteiger partial charge in [-0.05, 0) is 6.07 Å². The van der Waals surface area contributed by atoms with Crippen LogP contribution in [0.25, 0.3) is 21.7 Å². The van der Waals surface area contributed by atoms with Crippen molar-refractivity contribution in [1.82, 2.24) is 0 Å². The van der Waals surface area contributed by atoms with Crippen LogP contribution in [0.4, 0.5) is 0 Å². The molecule has 104 valence electrons. The van der Waals surface area contributed by atoms with Crippen molar-refractivity contribution in [3.05, 3.63) is 42.6 Å². The van der Waals surface area contributed by atoms with E-state index in [9.17, 15) is 0 Å². The van der Waals surface area contributed by atoms with Gasteiger partial charge in [0.15, 0.2) is 6.20 Å². The van der Waals surface area contributed by atoms with Gasteiger partial charge in [-0.2, -0.15) is 0 Å². The predicted octanol–water partition coefficient (Wildman–Crippen LogP) is -0.161. The molecule has 0 unspecified atom stereocenters. The Morgan fingerprint density at radius 1 is 1.00 bits per heavy atom. The number of aromatic nitrogens is 1. The lowest BCUT2D eigenvalue weighted by molar-refractivity contribution is -0.643. The number of pyridine rings is 1. The molecule has 0 aliphatic carbocycles. The summed E-state index contributed by atoms with van der Waals surface area (Å²) in [6.07, 6.45) is 2.12. The first-order valence-electron chi connectivity index (χ1n) is 6.17. The summed E-state index contributed by atoms with van der Waals surface area (Å²) in [5.41, 5.74) is 1.09. The zero-order valence-corrected chi connectivity index (χ0v) is 13.8. The Bertz CT molecular complexity index is 771. The van der Waals surface area contributed by atoms with Crippen LogP contribution in [0.3, 0.4) is 0 Å². The normalized spacial score (nSPS) is 10.3. The van der Waals surface area contributed by atoms with E-state index >= 15 is 0 Å². The predicted molar refractivity (Wildman–Crippen MR) is 75.7 cm³/mol. The van der Waals surface area contributed by atoms with Crippen LogP contribution in [-0.4, -0.2) is 14.2 Å². The second-order valence-electron chi connectivity index (χ2n) is 4.55. The quantitative estimate of drug-likeness (QED) is 0.350. The highest BCUT2D eigenvalue weighted by atomic mass is 127.